The Morgan fingerprint density at radius 2 is 1.02 bits per heavy atom. The van der Waals surface area contributed by atoms with Crippen molar-refractivity contribution >= 4 is 34.4 Å². The van der Waals surface area contributed by atoms with E-state index in [-0.39, 0.29) is 0 Å². The lowest BCUT2D eigenvalue weighted by Crippen LogP contribution is -2.21. The summed E-state index contributed by atoms with van der Waals surface area (Å²) >= 11 is 0. The van der Waals surface area contributed by atoms with Crippen molar-refractivity contribution in [3.05, 3.63) is 155 Å². The largest absolute Gasteiger partial charge is 0.372 e. The molecule has 0 amide bonds. The van der Waals surface area contributed by atoms with Gasteiger partial charge in [-0.05, 0) is 105 Å². The molecule has 0 aliphatic carbocycles. The van der Waals surface area contributed by atoms with Crippen molar-refractivity contribution in [3.63, 3.8) is 0 Å². The lowest BCUT2D eigenvalue weighted by Gasteiger charge is -2.26. The van der Waals surface area contributed by atoms with Gasteiger partial charge in [0, 0.05) is 35.8 Å². The molecular weight excluding hydrogens is 484 g/mol. The van der Waals surface area contributed by atoms with Gasteiger partial charge in [0.15, 0.2) is 0 Å². The number of nitrogens with zero attached hydrogens (tertiary/aromatic N) is 2. The Balaban J connectivity index is 1.55. The number of anilines is 4. The van der Waals surface area contributed by atoms with Crippen LogP contribution in [0.4, 0.5) is 22.7 Å². The van der Waals surface area contributed by atoms with Gasteiger partial charge in [-0.2, -0.15) is 0 Å². The highest BCUT2D eigenvalue weighted by atomic mass is 15.1. The number of benzene rings is 5. The molecule has 0 aromatic heterocycles. The van der Waals surface area contributed by atoms with Crippen LogP contribution >= 0.6 is 0 Å². The van der Waals surface area contributed by atoms with Gasteiger partial charge in [0.1, 0.15) is 0 Å². The molecule has 0 spiro atoms. The second-order valence-corrected chi connectivity index (χ2v) is 10.2. The van der Waals surface area contributed by atoms with Crippen LogP contribution in [0.1, 0.15) is 41.7 Å². The van der Waals surface area contributed by atoms with Gasteiger partial charge in [0.25, 0.3) is 0 Å². The maximum absolute atomic E-state index is 2.39. The fourth-order valence-electron chi connectivity index (χ4n) is 5.13. The Hall–Kier alpha value is -4.56. The molecule has 0 saturated heterocycles. The van der Waals surface area contributed by atoms with Crippen LogP contribution in [0.5, 0.6) is 0 Å². The molecule has 0 aliphatic rings. The van der Waals surface area contributed by atoms with E-state index < -0.39 is 0 Å². The minimum Gasteiger partial charge on any atom is -0.372 e. The molecule has 5 rings (SSSR count). The van der Waals surface area contributed by atoms with Gasteiger partial charge in [-0.3, -0.25) is 0 Å². The van der Waals surface area contributed by atoms with Gasteiger partial charge in [0.2, 0.25) is 0 Å². The first kappa shape index (κ1) is 27.0. The van der Waals surface area contributed by atoms with Gasteiger partial charge in [0.05, 0.1) is 0 Å². The summed E-state index contributed by atoms with van der Waals surface area (Å²) in [5.74, 6) is 0. The molecule has 5 aromatic carbocycles. The van der Waals surface area contributed by atoms with Crippen molar-refractivity contribution < 1.29 is 0 Å². The van der Waals surface area contributed by atoms with Crippen molar-refractivity contribution in [2.75, 3.05) is 22.9 Å². The summed E-state index contributed by atoms with van der Waals surface area (Å²) in [5.41, 5.74) is 12.0. The van der Waals surface area contributed by atoms with Gasteiger partial charge in [-0.1, -0.05) is 90.0 Å². The van der Waals surface area contributed by atoms with E-state index in [1.165, 1.54) is 39.1 Å². The van der Waals surface area contributed by atoms with Crippen LogP contribution in [0, 0.1) is 13.8 Å². The molecule has 0 unspecified atom stereocenters. The Morgan fingerprint density at radius 3 is 1.55 bits per heavy atom. The molecule has 5 aromatic rings. The maximum atomic E-state index is 2.39. The fraction of sp³-hybridized carbons (Fsp3) is 0.158. The predicted molar refractivity (Wildman–Crippen MR) is 174 cm³/mol. The van der Waals surface area contributed by atoms with Crippen LogP contribution < -0.4 is 9.80 Å². The maximum Gasteiger partial charge on any atom is 0.0462 e. The minimum absolute atomic E-state index is 0.990. The lowest BCUT2D eigenvalue weighted by atomic mass is 9.95. The normalized spacial score (nSPS) is 11.3. The van der Waals surface area contributed by atoms with Gasteiger partial charge >= 0.3 is 0 Å². The highest BCUT2D eigenvalue weighted by Gasteiger charge is 2.13. The molecule has 2 nitrogen and oxygen atoms in total. The molecule has 0 bridgehead atoms. The third kappa shape index (κ3) is 6.18. The Labute approximate surface area is 239 Å². The molecule has 2 heteroatoms. The van der Waals surface area contributed by atoms with E-state index in [4.69, 9.17) is 0 Å². The predicted octanol–water partition coefficient (Wildman–Crippen LogP) is 10.2. The minimum atomic E-state index is 0.990. The first-order valence-corrected chi connectivity index (χ1v) is 14.2. The summed E-state index contributed by atoms with van der Waals surface area (Å²) in [5, 5.41) is 0. The first-order chi connectivity index (χ1) is 19.6. The van der Waals surface area contributed by atoms with E-state index in [0.29, 0.717) is 0 Å². The van der Waals surface area contributed by atoms with E-state index in [0.717, 1.165) is 30.2 Å². The molecule has 0 radical (unpaired) electrons. The van der Waals surface area contributed by atoms with Crippen molar-refractivity contribution in [2.45, 2.75) is 27.7 Å². The van der Waals surface area contributed by atoms with E-state index in [9.17, 15) is 0 Å². The molecule has 0 N–H and O–H groups in total. The van der Waals surface area contributed by atoms with Crippen LogP contribution in [-0.4, -0.2) is 13.1 Å². The van der Waals surface area contributed by atoms with Crippen LogP contribution in [-0.2, 0) is 0 Å². The highest BCUT2D eigenvalue weighted by molar-refractivity contribution is 5.92. The van der Waals surface area contributed by atoms with Crippen LogP contribution in [0.2, 0.25) is 0 Å². The molecule has 0 aliphatic heterocycles. The average Bonchev–Trinajstić information content (AvgIpc) is 3.00. The Bertz CT molecular complexity index is 1500. The lowest BCUT2D eigenvalue weighted by molar-refractivity contribution is 0.866. The van der Waals surface area contributed by atoms with Crippen LogP contribution in [0.3, 0.4) is 0 Å². The molecule has 0 heterocycles. The second-order valence-electron chi connectivity index (χ2n) is 10.2. The van der Waals surface area contributed by atoms with E-state index >= 15 is 0 Å². The van der Waals surface area contributed by atoms with Crippen molar-refractivity contribution in [3.8, 4) is 0 Å². The molecule has 0 fully saturated rings. The van der Waals surface area contributed by atoms with Gasteiger partial charge < -0.3 is 9.80 Å². The molecule has 200 valence electrons. The van der Waals surface area contributed by atoms with E-state index in [1.54, 1.807) is 0 Å². The fourth-order valence-corrected chi connectivity index (χ4v) is 5.13. The molecule has 40 heavy (non-hydrogen) atoms. The van der Waals surface area contributed by atoms with Gasteiger partial charge in [-0.15, -0.1) is 0 Å². The van der Waals surface area contributed by atoms with Crippen LogP contribution in [0.25, 0.3) is 11.6 Å². The van der Waals surface area contributed by atoms with Crippen molar-refractivity contribution in [1.82, 2.24) is 0 Å². The van der Waals surface area contributed by atoms with E-state index in [1.807, 2.05) is 0 Å². The average molecular weight is 523 g/mol. The Morgan fingerprint density at radius 1 is 0.525 bits per heavy atom. The topological polar surface area (TPSA) is 6.48 Å². The number of aryl methyl sites for hydroxylation is 2. The first-order valence-electron chi connectivity index (χ1n) is 14.2. The zero-order valence-electron chi connectivity index (χ0n) is 24.0. The van der Waals surface area contributed by atoms with E-state index in [2.05, 4.69) is 171 Å². The van der Waals surface area contributed by atoms with Crippen LogP contribution in [0.15, 0.2) is 127 Å². The standard InChI is InChI=1S/C38H38N2/c1-5-39(6-2)37-14-10-13-33(28-37)38(32-11-8-7-9-12-32)27-31-19-25-36(26-20-31)40(34-21-15-29(3)16-22-34)35-23-17-30(4)18-24-35/h7-28H,5-6H2,1-4H3. The summed E-state index contributed by atoms with van der Waals surface area (Å²) in [7, 11) is 0. The SMILES string of the molecule is CCN(CC)c1cccc(C(=Cc2ccc(N(c3ccc(C)cc3)c3ccc(C)cc3)cc2)c2ccccc2)c1. The molecule has 0 saturated carbocycles. The second kappa shape index (κ2) is 12.5. The summed E-state index contributed by atoms with van der Waals surface area (Å²) in [6.45, 7) is 10.7. The summed E-state index contributed by atoms with van der Waals surface area (Å²) < 4.78 is 0. The highest BCUT2D eigenvalue weighted by Crippen LogP contribution is 2.36. The molecular formula is C38H38N2. The molecule has 0 atom stereocenters. The number of hydrogen-bond donors (Lipinski definition) is 0. The van der Waals surface area contributed by atoms with Crippen molar-refractivity contribution in [1.29, 1.82) is 0 Å². The smallest absolute Gasteiger partial charge is 0.0462 e. The summed E-state index contributed by atoms with van der Waals surface area (Å²) in [6, 6.07) is 46.0. The van der Waals surface area contributed by atoms with Crippen molar-refractivity contribution in [2.24, 2.45) is 0 Å². The third-order valence-electron chi connectivity index (χ3n) is 7.42. The zero-order chi connectivity index (χ0) is 27.9. The monoisotopic (exact) mass is 522 g/mol. The quantitative estimate of drug-likeness (QED) is 0.178. The summed E-state index contributed by atoms with van der Waals surface area (Å²) in [4.78, 5) is 4.71. The number of hydrogen-bond acceptors (Lipinski definition) is 2. The zero-order valence-corrected chi connectivity index (χ0v) is 24.0. The summed E-state index contributed by atoms with van der Waals surface area (Å²) in [6.07, 6.45) is 2.31. The van der Waals surface area contributed by atoms with Gasteiger partial charge in [-0.25, -0.2) is 0 Å². The number of rotatable bonds is 9. The Kier molecular flexibility index (Phi) is 8.47. The third-order valence-corrected chi connectivity index (χ3v) is 7.42.